The lowest BCUT2D eigenvalue weighted by molar-refractivity contribution is 0.0746. The second kappa shape index (κ2) is 5.73. The summed E-state index contributed by atoms with van der Waals surface area (Å²) in [5.41, 5.74) is 1.71. The minimum absolute atomic E-state index is 0.00466. The smallest absolute Gasteiger partial charge is 0.282 e. The summed E-state index contributed by atoms with van der Waals surface area (Å²) in [6.45, 7) is 4.61. The second-order valence-electron chi connectivity index (χ2n) is 5.06. The summed E-state index contributed by atoms with van der Waals surface area (Å²) in [4.78, 5) is 20.5. The third-order valence-corrected chi connectivity index (χ3v) is 4.54. The number of rotatable bonds is 2. The number of hydrogen-bond donors (Lipinski definition) is 1. The third-order valence-electron chi connectivity index (χ3n) is 3.59. The van der Waals surface area contributed by atoms with E-state index in [4.69, 9.17) is 0 Å². The van der Waals surface area contributed by atoms with Crippen LogP contribution >= 0.6 is 11.3 Å². The molecule has 1 N–H and O–H groups in total. The SMILES string of the molecule is Cc1csc(C(=O)N2CCN(c3ccccc3O)CC2)n1. The Kier molecular flexibility index (Phi) is 3.79. The number of nitrogens with zero attached hydrogens (tertiary/aromatic N) is 3. The Labute approximate surface area is 127 Å². The number of para-hydroxylation sites is 2. The molecule has 1 aliphatic heterocycles. The van der Waals surface area contributed by atoms with Gasteiger partial charge in [0.15, 0.2) is 5.01 Å². The summed E-state index contributed by atoms with van der Waals surface area (Å²) in [6.07, 6.45) is 0. The van der Waals surface area contributed by atoms with E-state index < -0.39 is 0 Å². The average Bonchev–Trinajstić information content (AvgIpc) is 2.94. The molecule has 6 heteroatoms. The largest absolute Gasteiger partial charge is 0.506 e. The van der Waals surface area contributed by atoms with Crippen LogP contribution in [0.15, 0.2) is 29.6 Å². The van der Waals surface area contributed by atoms with E-state index in [1.54, 1.807) is 6.07 Å². The predicted molar refractivity (Wildman–Crippen MR) is 83.1 cm³/mol. The molecule has 21 heavy (non-hydrogen) atoms. The van der Waals surface area contributed by atoms with Gasteiger partial charge in [-0.3, -0.25) is 4.79 Å². The number of carbonyl (C=O) groups is 1. The highest BCUT2D eigenvalue weighted by molar-refractivity contribution is 7.11. The second-order valence-corrected chi connectivity index (χ2v) is 5.92. The Hall–Kier alpha value is -2.08. The van der Waals surface area contributed by atoms with Gasteiger partial charge in [-0.05, 0) is 19.1 Å². The van der Waals surface area contributed by atoms with Crippen molar-refractivity contribution in [1.29, 1.82) is 0 Å². The Morgan fingerprint density at radius 1 is 1.24 bits per heavy atom. The molecule has 0 saturated carbocycles. The van der Waals surface area contributed by atoms with Crippen LogP contribution < -0.4 is 4.90 Å². The molecule has 1 aromatic heterocycles. The molecule has 110 valence electrons. The first-order valence-electron chi connectivity index (χ1n) is 6.89. The van der Waals surface area contributed by atoms with Crippen LogP contribution in [0.3, 0.4) is 0 Å². The van der Waals surface area contributed by atoms with E-state index in [0.29, 0.717) is 31.2 Å². The van der Waals surface area contributed by atoms with Crippen molar-refractivity contribution in [2.75, 3.05) is 31.1 Å². The van der Waals surface area contributed by atoms with Gasteiger partial charge >= 0.3 is 0 Å². The zero-order valence-electron chi connectivity index (χ0n) is 11.8. The van der Waals surface area contributed by atoms with Crippen LogP contribution in [0.25, 0.3) is 0 Å². The molecule has 1 saturated heterocycles. The van der Waals surface area contributed by atoms with Crippen LogP contribution in [0.2, 0.25) is 0 Å². The maximum absolute atomic E-state index is 12.3. The molecule has 0 radical (unpaired) electrons. The minimum atomic E-state index is 0.00466. The van der Waals surface area contributed by atoms with E-state index in [-0.39, 0.29) is 11.7 Å². The summed E-state index contributed by atoms with van der Waals surface area (Å²) in [5, 5.41) is 12.3. The molecular formula is C15H17N3O2S. The van der Waals surface area contributed by atoms with Crippen LogP contribution in [-0.4, -0.2) is 47.1 Å². The van der Waals surface area contributed by atoms with E-state index in [0.717, 1.165) is 11.4 Å². The average molecular weight is 303 g/mol. The van der Waals surface area contributed by atoms with Gasteiger partial charge in [-0.15, -0.1) is 11.3 Å². The lowest BCUT2D eigenvalue weighted by Gasteiger charge is -2.35. The third kappa shape index (κ3) is 2.85. The fourth-order valence-corrected chi connectivity index (χ4v) is 3.23. The molecule has 1 aromatic carbocycles. The molecule has 1 amide bonds. The van der Waals surface area contributed by atoms with Crippen molar-refractivity contribution in [2.24, 2.45) is 0 Å². The van der Waals surface area contributed by atoms with E-state index in [9.17, 15) is 9.90 Å². The number of aryl methyl sites for hydroxylation is 1. The standard InChI is InChI=1S/C15H17N3O2S/c1-11-10-21-14(16-11)15(20)18-8-6-17(7-9-18)12-4-2-3-5-13(12)19/h2-5,10,19H,6-9H2,1H3. The van der Waals surface area contributed by atoms with Crippen molar-refractivity contribution < 1.29 is 9.90 Å². The fraction of sp³-hybridized carbons (Fsp3) is 0.333. The van der Waals surface area contributed by atoms with Gasteiger partial charge in [-0.2, -0.15) is 0 Å². The maximum atomic E-state index is 12.3. The molecule has 1 aliphatic rings. The van der Waals surface area contributed by atoms with Gasteiger partial charge in [-0.25, -0.2) is 4.98 Å². The van der Waals surface area contributed by atoms with Crippen molar-refractivity contribution >= 4 is 22.9 Å². The molecular weight excluding hydrogens is 286 g/mol. The van der Waals surface area contributed by atoms with Gasteiger partial charge in [-0.1, -0.05) is 12.1 Å². The number of aromatic nitrogens is 1. The van der Waals surface area contributed by atoms with Crippen molar-refractivity contribution in [3.05, 3.63) is 40.3 Å². The number of amides is 1. The van der Waals surface area contributed by atoms with Crippen LogP contribution in [0.5, 0.6) is 5.75 Å². The number of hydrogen-bond acceptors (Lipinski definition) is 5. The molecule has 0 bridgehead atoms. The number of aromatic hydroxyl groups is 1. The lowest BCUT2D eigenvalue weighted by Crippen LogP contribution is -2.48. The first-order chi connectivity index (χ1) is 10.1. The number of carbonyl (C=O) groups excluding carboxylic acids is 1. The normalized spacial score (nSPS) is 15.3. The molecule has 0 spiro atoms. The van der Waals surface area contributed by atoms with Gasteiger partial charge in [0.2, 0.25) is 0 Å². The monoisotopic (exact) mass is 303 g/mol. The van der Waals surface area contributed by atoms with Gasteiger partial charge < -0.3 is 14.9 Å². The van der Waals surface area contributed by atoms with E-state index in [1.807, 2.05) is 35.4 Å². The Bertz CT molecular complexity index is 648. The van der Waals surface area contributed by atoms with Crippen LogP contribution in [0.1, 0.15) is 15.5 Å². The zero-order valence-corrected chi connectivity index (χ0v) is 12.6. The van der Waals surface area contributed by atoms with Gasteiger partial charge in [0, 0.05) is 37.3 Å². The first-order valence-corrected chi connectivity index (χ1v) is 7.77. The Morgan fingerprint density at radius 3 is 2.57 bits per heavy atom. The molecule has 2 aromatic rings. The van der Waals surface area contributed by atoms with Gasteiger partial charge in [0.1, 0.15) is 5.75 Å². The topological polar surface area (TPSA) is 56.7 Å². The lowest BCUT2D eigenvalue weighted by atomic mass is 10.2. The van der Waals surface area contributed by atoms with Crippen LogP contribution in [0, 0.1) is 6.92 Å². The number of piperazine rings is 1. The summed E-state index contributed by atoms with van der Waals surface area (Å²) < 4.78 is 0. The molecule has 5 nitrogen and oxygen atoms in total. The highest BCUT2D eigenvalue weighted by Gasteiger charge is 2.24. The molecule has 0 aliphatic carbocycles. The first kappa shape index (κ1) is 13.9. The number of phenolic OH excluding ortho intramolecular Hbond substituents is 1. The fourth-order valence-electron chi connectivity index (χ4n) is 2.47. The van der Waals surface area contributed by atoms with Crippen molar-refractivity contribution in [1.82, 2.24) is 9.88 Å². The van der Waals surface area contributed by atoms with Crippen molar-refractivity contribution in [2.45, 2.75) is 6.92 Å². The highest BCUT2D eigenvalue weighted by atomic mass is 32.1. The van der Waals surface area contributed by atoms with Crippen molar-refractivity contribution in [3.63, 3.8) is 0 Å². The van der Waals surface area contributed by atoms with Gasteiger partial charge in [0.25, 0.3) is 5.91 Å². The summed E-state index contributed by atoms with van der Waals surface area (Å²) >= 11 is 1.40. The number of anilines is 1. The van der Waals surface area contributed by atoms with E-state index in [2.05, 4.69) is 9.88 Å². The Morgan fingerprint density at radius 2 is 1.95 bits per heavy atom. The van der Waals surface area contributed by atoms with Crippen LogP contribution in [-0.2, 0) is 0 Å². The van der Waals surface area contributed by atoms with Crippen LogP contribution in [0.4, 0.5) is 5.69 Å². The van der Waals surface area contributed by atoms with Crippen molar-refractivity contribution in [3.8, 4) is 5.75 Å². The quantitative estimate of drug-likeness (QED) is 0.923. The zero-order chi connectivity index (χ0) is 14.8. The Balaban J connectivity index is 1.65. The molecule has 1 fully saturated rings. The van der Waals surface area contributed by atoms with E-state index >= 15 is 0 Å². The summed E-state index contributed by atoms with van der Waals surface area (Å²) in [5.74, 6) is 0.290. The maximum Gasteiger partial charge on any atom is 0.282 e. The summed E-state index contributed by atoms with van der Waals surface area (Å²) in [6, 6.07) is 7.30. The van der Waals surface area contributed by atoms with E-state index in [1.165, 1.54) is 11.3 Å². The summed E-state index contributed by atoms with van der Waals surface area (Å²) in [7, 11) is 0. The number of benzene rings is 1. The number of thiazole rings is 1. The minimum Gasteiger partial charge on any atom is -0.506 e. The molecule has 0 unspecified atom stereocenters. The number of phenols is 1. The molecule has 2 heterocycles. The predicted octanol–water partition coefficient (Wildman–Crippen LogP) is 2.12. The highest BCUT2D eigenvalue weighted by Crippen LogP contribution is 2.27. The van der Waals surface area contributed by atoms with Gasteiger partial charge in [0.05, 0.1) is 5.69 Å². The molecule has 3 rings (SSSR count). The molecule has 0 atom stereocenters.